The Kier molecular flexibility index (Phi) is 28.1. The lowest BCUT2D eigenvalue weighted by Crippen LogP contribution is -2.65. The van der Waals surface area contributed by atoms with Crippen LogP contribution in [-0.2, 0) is 70.2 Å². The first-order valence-corrected chi connectivity index (χ1v) is 41.2. The number of likely N-dealkylation sites (N-methyl/N-ethyl adjacent to an activating group) is 1. The van der Waals surface area contributed by atoms with Gasteiger partial charge in [-0.15, -0.1) is 0 Å². The second-order valence-corrected chi connectivity index (χ2v) is 33.6. The number of aliphatic carboxylic acids is 1. The molecule has 7 amide bonds. The van der Waals surface area contributed by atoms with E-state index in [0.29, 0.717) is 5.02 Å². The van der Waals surface area contributed by atoms with Crippen LogP contribution in [-0.4, -0.2) is 207 Å². The van der Waals surface area contributed by atoms with Crippen molar-refractivity contribution >= 4 is 89.7 Å². The Morgan fingerprint density at radius 2 is 1.28 bits per heavy atom. The third-order valence-electron chi connectivity index (χ3n) is 21.5. The molecule has 7 aromatic carbocycles. The van der Waals surface area contributed by atoms with Gasteiger partial charge in [0.2, 0.25) is 53.4 Å². The molecule has 0 spiro atoms. The number of benzene rings is 7. The monoisotopic (exact) mass is 1770 g/mol. The van der Waals surface area contributed by atoms with Crippen molar-refractivity contribution in [1.82, 2.24) is 47.9 Å². The average molecular weight is 1770 g/mol. The van der Waals surface area contributed by atoms with Crippen molar-refractivity contribution in [3.63, 3.8) is 0 Å². The highest BCUT2D eigenvalue weighted by Crippen LogP contribution is 2.51. The number of carbonyl (C=O) groups excluding carboxylic acids is 7. The second kappa shape index (κ2) is 37.8. The predicted molar refractivity (Wildman–Crippen MR) is 433 cm³/mol. The molecule has 23 N–H and O–H groups in total. The van der Waals surface area contributed by atoms with Crippen LogP contribution in [0.3, 0.4) is 0 Å². The van der Waals surface area contributed by atoms with Crippen LogP contribution in [0.5, 0.6) is 46.0 Å². The highest BCUT2D eigenvalue weighted by Gasteiger charge is 2.52. The van der Waals surface area contributed by atoms with Gasteiger partial charge < -0.3 is 143 Å². The first-order chi connectivity index (χ1) is 57.7. The fourth-order valence-electron chi connectivity index (χ4n) is 15.0. The number of nitrogens with one attached hydrogen (secondary N) is 9. The Labute approximate surface area is 710 Å². The van der Waals surface area contributed by atoms with Crippen molar-refractivity contribution < 1.29 is 132 Å². The number of carboxylic acid groups (broad SMARTS) is 1. The lowest BCUT2D eigenvalue weighted by Gasteiger charge is -2.48. The molecule has 41 heteroatoms. The number of rotatable bonds is 21. The molecule has 1 unspecified atom stereocenters. The summed E-state index contributed by atoms with van der Waals surface area (Å²) < 4.78 is 51.5. The number of aliphatic hydroxyl groups excluding tert-OH is 6. The van der Waals surface area contributed by atoms with Crippen molar-refractivity contribution in [3.8, 4) is 68.2 Å². The Hall–Kier alpha value is -10.4. The molecule has 2 saturated heterocycles. The van der Waals surface area contributed by atoms with Crippen molar-refractivity contribution in [1.29, 1.82) is 0 Å². The molecular weight excluding hydrogens is 1680 g/mol. The maximum absolute atomic E-state index is 16.4. The van der Waals surface area contributed by atoms with Gasteiger partial charge in [-0.05, 0) is 139 Å². The number of carboxylic acids is 1. The Morgan fingerprint density at radius 3 is 1.87 bits per heavy atom. The van der Waals surface area contributed by atoms with E-state index in [9.17, 15) is 79.8 Å². The quantitative estimate of drug-likeness (QED) is 0.0458. The van der Waals surface area contributed by atoms with Gasteiger partial charge in [-0.3, -0.25) is 38.1 Å². The van der Waals surface area contributed by atoms with Crippen molar-refractivity contribution in [3.05, 3.63) is 175 Å². The Balaban J connectivity index is 1.05. The molecule has 7 heterocycles. The van der Waals surface area contributed by atoms with Crippen molar-refractivity contribution in [2.24, 2.45) is 11.7 Å². The molecule has 37 nitrogen and oxygen atoms in total. The number of fused-ring (bicyclic) bond motifs is 15. The smallest absolute Gasteiger partial charge is 0.339 e. The van der Waals surface area contributed by atoms with E-state index in [4.69, 9.17) is 69.0 Å². The third kappa shape index (κ3) is 20.3. The number of aliphatic hydroxyl groups is 6. The molecule has 14 rings (SSSR count). The van der Waals surface area contributed by atoms with Crippen LogP contribution in [0.2, 0.25) is 15.1 Å². The highest BCUT2D eigenvalue weighted by atomic mass is 35.5. The first kappa shape index (κ1) is 90.9. The van der Waals surface area contributed by atoms with Gasteiger partial charge in [0.25, 0.3) is 0 Å². The summed E-state index contributed by atoms with van der Waals surface area (Å²) in [5.41, 5.74) is 2.97. The lowest BCUT2D eigenvalue weighted by atomic mass is 9.84. The SMILES string of the molecule is CN[C@H](CC(C)C)C(=O)N[C@H]1C(=O)N[C@@H](CC(N)=O)C(=O)N[C@H]2C(=O)N[C@H]3C(=O)N[C@H](C(=O)NC(C(=O)O)c4cc(O)c(CNCP(=O)(O)O)c(O)c4-c4cc3ccc4O)[C@H](O)c3ccc(c(Cl)c3)Oc3cc2cc(c3O[C@@H]2O[C@H](CO)[C@@H](O)[C@H](O)[C@H]2O[C@H]2C[C@](C)(NCc3ccc(-c4ccc(Cl)cc4)cc3)[C@H](O)[C@H](C)O2)Oc2ccc(cc2Cl)[C@H]1O. The van der Waals surface area contributed by atoms with E-state index in [0.717, 1.165) is 77.4 Å². The second-order valence-electron chi connectivity index (χ2n) is 30.7. The van der Waals surface area contributed by atoms with E-state index in [-0.39, 0.29) is 42.2 Å². The standard InChI is InChI=1S/C81H90Cl3N10O27P/c1-33(2)20-48(86-5)73(105)93-63-65(99)39-13-18-52(46(83)22-39)117-54-24-41-25-55(70(54)121-80-71(69(103)68(102)56(31-95)119-80)120-58-28-81(4,72(104)34(3)116-58)88-29-35-6-8-36(9-7-35)37-10-15-42(82)16-11-37)118-53-19-14-40(23-47(53)84)66(100)64-78(110)92-62(79(111)112)44-26-51(97)45(30-87-32-122(113,114)115)67(101)59(44)43-21-38(12-17-50(43)96)60(75(107)94-64)91-76(108)61(41)90-74(106)49(27-57(85)98)89-77(63)109/h6-19,21-26,33-34,48-49,56,58,60-66,68-69,71-72,80,86-88,95-97,99-104H,20,27-32H2,1-5H3,(H2,85,98)(H,89,109)(H,90,106)(H,91,108)(H,92,110)(H,93,105)(H,94,107)(H,111,112)(H2,113,114,115)/t34-,48+,49-,56+,58-,60+,61+,62?,63+,64-,65+,66+,68+,69-,71+,72+,80-,81-/m0/s1. The average Bonchev–Trinajstić information content (AvgIpc) is 0.757. The maximum Gasteiger partial charge on any atom is 0.339 e. The van der Waals surface area contributed by atoms with Crippen molar-refractivity contribution in [2.45, 2.75) is 169 Å². The van der Waals surface area contributed by atoms with E-state index >= 15 is 24.0 Å². The fraction of sp³-hybridized carbons (Fsp3) is 0.383. The van der Waals surface area contributed by atoms with E-state index in [2.05, 4.69) is 47.9 Å². The first-order valence-electron chi connectivity index (χ1n) is 38.3. The zero-order chi connectivity index (χ0) is 88.4. The van der Waals surface area contributed by atoms with E-state index < -0.39 is 274 Å². The van der Waals surface area contributed by atoms with Crippen LogP contribution in [0.1, 0.15) is 116 Å². The molecular formula is C81H90Cl3N10O27P. The minimum atomic E-state index is -4.85. The van der Waals surface area contributed by atoms with Gasteiger partial charge in [-0.2, -0.15) is 0 Å². The molecule has 652 valence electrons. The number of phenolic OH excluding ortho intramolecular Hbond substituents is 3. The summed E-state index contributed by atoms with van der Waals surface area (Å²) in [5, 5.41) is 141. The number of hydrogen-bond donors (Lipinski definition) is 22. The van der Waals surface area contributed by atoms with Crippen LogP contribution in [0, 0.1) is 5.92 Å². The minimum absolute atomic E-state index is 0.130. The number of primary amides is 1. The summed E-state index contributed by atoms with van der Waals surface area (Å²) in [6.45, 7) is 5.27. The maximum atomic E-state index is 16.4. The number of halogens is 3. The van der Waals surface area contributed by atoms with Gasteiger partial charge >= 0.3 is 13.6 Å². The normalized spacial score (nSPS) is 26.5. The Morgan fingerprint density at radius 1 is 0.680 bits per heavy atom. The van der Waals surface area contributed by atoms with E-state index in [1.807, 2.05) is 36.4 Å². The van der Waals surface area contributed by atoms with Gasteiger partial charge in [0.15, 0.2) is 29.9 Å². The topological polar surface area (TPSA) is 586 Å². The number of phenols is 3. The van der Waals surface area contributed by atoms with E-state index in [1.54, 1.807) is 39.8 Å². The van der Waals surface area contributed by atoms with Crippen LogP contribution in [0.4, 0.5) is 0 Å². The molecule has 0 radical (unpaired) electrons. The summed E-state index contributed by atoms with van der Waals surface area (Å²) in [6.07, 6.45) is -20.1. The van der Waals surface area contributed by atoms with Gasteiger partial charge in [-0.1, -0.05) is 103 Å². The summed E-state index contributed by atoms with van der Waals surface area (Å²) in [4.78, 5) is 138. The summed E-state index contributed by atoms with van der Waals surface area (Å²) in [7, 11) is -3.39. The van der Waals surface area contributed by atoms with Gasteiger partial charge in [-0.25, -0.2) is 4.79 Å². The molecule has 7 aliphatic heterocycles. The molecule has 2 fully saturated rings. The summed E-state index contributed by atoms with van der Waals surface area (Å²) >= 11 is 20.5. The largest absolute Gasteiger partial charge is 0.507 e. The molecule has 7 aromatic rings. The van der Waals surface area contributed by atoms with Crippen LogP contribution < -0.4 is 67.8 Å². The zero-order valence-corrected chi connectivity index (χ0v) is 68.7. The fourth-order valence-corrected chi connectivity index (χ4v) is 16.0. The number of nitrogens with two attached hydrogens (primary N) is 1. The molecule has 0 saturated carbocycles. The zero-order valence-electron chi connectivity index (χ0n) is 65.5. The third-order valence-corrected chi connectivity index (χ3v) is 22.9. The minimum Gasteiger partial charge on any atom is -0.507 e. The molecule has 11 bridgehead atoms. The number of amides is 7. The number of hydrogen-bond acceptors (Lipinski definition) is 27. The molecule has 0 aromatic heterocycles. The van der Waals surface area contributed by atoms with Crippen LogP contribution >= 0.6 is 42.4 Å². The number of ether oxygens (including phenoxy) is 6. The predicted octanol–water partition coefficient (Wildman–Crippen LogP) is 3.48. The molecule has 122 heavy (non-hydrogen) atoms. The molecule has 7 aliphatic rings. The van der Waals surface area contributed by atoms with Gasteiger partial charge in [0.05, 0.1) is 53.2 Å². The molecule has 0 aliphatic carbocycles. The molecule has 18 atom stereocenters. The number of aromatic hydroxyl groups is 3. The van der Waals surface area contributed by atoms with Crippen LogP contribution in [0.15, 0.2) is 121 Å². The Bertz CT molecular complexity index is 5210. The van der Waals surface area contributed by atoms with Crippen LogP contribution in [0.25, 0.3) is 22.3 Å². The lowest BCUT2D eigenvalue weighted by molar-refractivity contribution is -0.334. The summed E-state index contributed by atoms with van der Waals surface area (Å²) in [6, 6.07) is 12.3. The number of carbonyl (C=O) groups is 8. The van der Waals surface area contributed by atoms with Gasteiger partial charge in [0.1, 0.15) is 89.5 Å². The van der Waals surface area contributed by atoms with Crippen molar-refractivity contribution in [2.75, 3.05) is 19.9 Å². The van der Waals surface area contributed by atoms with E-state index in [1.165, 1.54) is 19.2 Å². The summed E-state index contributed by atoms with van der Waals surface area (Å²) in [5.74, 6) is -17.3. The highest BCUT2D eigenvalue weighted by molar-refractivity contribution is 7.51. The van der Waals surface area contributed by atoms with Gasteiger partial charge in [0, 0.05) is 46.8 Å².